The number of aromatic nitrogens is 2. The monoisotopic (exact) mass is 111 g/mol. The molecule has 0 unspecified atom stereocenters. The Morgan fingerprint density at radius 1 is 1.88 bits per heavy atom. The maximum Gasteiger partial charge on any atom is 0.0656 e. The van der Waals surface area contributed by atoms with E-state index in [9.17, 15) is 0 Å². The Balaban J connectivity index is 2.61. The van der Waals surface area contributed by atoms with Gasteiger partial charge >= 0.3 is 0 Å². The topological polar surface area (TPSA) is 17.8 Å². The molecule has 1 aromatic heterocycles. The molecule has 2 nitrogen and oxygen atoms in total. The molecule has 1 rings (SSSR count). The minimum atomic E-state index is 0.489. The second-order valence-corrected chi connectivity index (χ2v) is 1.70. The van der Waals surface area contributed by atoms with Crippen LogP contribution in [0.25, 0.3) is 0 Å². The quantitative estimate of drug-likeness (QED) is 0.562. The van der Waals surface area contributed by atoms with Crippen LogP contribution in [-0.4, -0.2) is 9.78 Å². The third-order valence-electron chi connectivity index (χ3n) is 0.957. The Hall–Kier alpha value is -0.790. The van der Waals surface area contributed by atoms with Crippen LogP contribution in [0.2, 0.25) is 0 Å². The van der Waals surface area contributed by atoms with Gasteiger partial charge in [0.05, 0.1) is 1.37 Å². The van der Waals surface area contributed by atoms with Crippen LogP contribution in [0, 0.1) is 0 Å². The molecule has 0 aliphatic heterocycles. The summed E-state index contributed by atoms with van der Waals surface area (Å²) in [6.45, 7) is 3.00. The van der Waals surface area contributed by atoms with Crippen LogP contribution in [0.4, 0.5) is 0 Å². The zero-order valence-corrected chi connectivity index (χ0v) is 4.96. The van der Waals surface area contributed by atoms with Crippen molar-refractivity contribution in [3.05, 3.63) is 18.4 Å². The normalized spacial score (nSPS) is 11.4. The minimum absolute atomic E-state index is 0.489. The molecule has 0 fully saturated rings. The summed E-state index contributed by atoms with van der Waals surface area (Å²) in [6.07, 6.45) is 4.35. The summed E-state index contributed by atoms with van der Waals surface area (Å²) in [6, 6.07) is 0.489. The maximum absolute atomic E-state index is 7.11. The Morgan fingerprint density at radius 2 is 2.75 bits per heavy atom. The molecule has 0 N–H and O–H groups in total. The van der Waals surface area contributed by atoms with Crippen molar-refractivity contribution in [2.75, 3.05) is 0 Å². The summed E-state index contributed by atoms with van der Waals surface area (Å²) < 4.78 is 8.89. The van der Waals surface area contributed by atoms with Crippen molar-refractivity contribution in [1.29, 1.82) is 0 Å². The number of hydrogen-bond donors (Lipinski definition) is 0. The van der Waals surface area contributed by atoms with Crippen molar-refractivity contribution in [1.82, 2.24) is 9.78 Å². The van der Waals surface area contributed by atoms with Crippen LogP contribution in [0.3, 0.4) is 0 Å². The molecule has 2 heteroatoms. The van der Waals surface area contributed by atoms with Gasteiger partial charge in [0.25, 0.3) is 0 Å². The second kappa shape index (κ2) is 2.50. The molecule has 0 amide bonds. The van der Waals surface area contributed by atoms with Gasteiger partial charge in [-0.15, -0.1) is 0 Å². The van der Waals surface area contributed by atoms with Gasteiger partial charge in [-0.25, -0.2) is 0 Å². The highest BCUT2D eigenvalue weighted by Gasteiger charge is 1.82. The number of hydrogen-bond acceptors (Lipinski definition) is 1. The first-order valence-electron chi connectivity index (χ1n) is 3.32. The molecular weight excluding hydrogens is 100 g/mol. The molecule has 0 aliphatic carbocycles. The second-order valence-electron chi connectivity index (χ2n) is 1.70. The fourth-order valence-corrected chi connectivity index (χ4v) is 0.612. The SMILES string of the molecule is [2H]c1cnn(CCC)c1. The van der Waals surface area contributed by atoms with Crippen molar-refractivity contribution < 1.29 is 1.37 Å². The van der Waals surface area contributed by atoms with Crippen LogP contribution >= 0.6 is 0 Å². The van der Waals surface area contributed by atoms with Crippen LogP contribution in [-0.2, 0) is 6.54 Å². The lowest BCUT2D eigenvalue weighted by atomic mass is 10.5. The van der Waals surface area contributed by atoms with E-state index in [1.54, 1.807) is 17.1 Å². The predicted octanol–water partition coefficient (Wildman–Crippen LogP) is 1.29. The highest BCUT2D eigenvalue weighted by molar-refractivity contribution is 4.77. The van der Waals surface area contributed by atoms with Crippen molar-refractivity contribution in [3.63, 3.8) is 0 Å². The highest BCUT2D eigenvalue weighted by atomic mass is 15.3. The van der Waals surface area contributed by atoms with Gasteiger partial charge in [-0.2, -0.15) is 5.10 Å². The molecule has 0 radical (unpaired) electrons. The minimum Gasteiger partial charge on any atom is -0.273 e. The molecule has 1 aromatic rings. The standard InChI is InChI=1S/C6H10N2/c1-2-5-8-6-3-4-7-8/h3-4,6H,2,5H2,1H3/i3D. The molecule has 0 spiro atoms. The van der Waals surface area contributed by atoms with Gasteiger partial charge in [0.1, 0.15) is 0 Å². The predicted molar refractivity (Wildman–Crippen MR) is 32.5 cm³/mol. The average molecular weight is 111 g/mol. The number of aryl methyl sites for hydroxylation is 1. The first-order valence-corrected chi connectivity index (χ1v) is 2.82. The lowest BCUT2D eigenvalue weighted by Crippen LogP contribution is -1.95. The first-order chi connectivity index (χ1) is 4.33. The van der Waals surface area contributed by atoms with Crippen LogP contribution < -0.4 is 0 Å². The molecule has 8 heavy (non-hydrogen) atoms. The molecule has 0 aromatic carbocycles. The Bertz CT molecular complexity index is 183. The van der Waals surface area contributed by atoms with Crippen LogP contribution in [0.5, 0.6) is 0 Å². The Labute approximate surface area is 50.5 Å². The van der Waals surface area contributed by atoms with Crippen LogP contribution in [0.1, 0.15) is 14.7 Å². The fraction of sp³-hybridized carbons (Fsp3) is 0.500. The van der Waals surface area contributed by atoms with Crippen LogP contribution in [0.15, 0.2) is 18.4 Å². The van der Waals surface area contributed by atoms with E-state index in [0.717, 1.165) is 13.0 Å². The summed E-state index contributed by atoms with van der Waals surface area (Å²) in [5.41, 5.74) is 0. The van der Waals surface area contributed by atoms with E-state index >= 15 is 0 Å². The molecule has 0 saturated heterocycles. The lowest BCUT2D eigenvalue weighted by molar-refractivity contribution is 0.603. The largest absolute Gasteiger partial charge is 0.273 e. The molecule has 1 heterocycles. The number of nitrogens with zero attached hydrogens (tertiary/aromatic N) is 2. The van der Waals surface area contributed by atoms with Gasteiger partial charge in [0.15, 0.2) is 0 Å². The Kier molecular flexibility index (Phi) is 1.29. The molecule has 44 valence electrons. The Morgan fingerprint density at radius 3 is 3.25 bits per heavy atom. The van der Waals surface area contributed by atoms with E-state index in [0.29, 0.717) is 6.04 Å². The van der Waals surface area contributed by atoms with Gasteiger partial charge < -0.3 is 0 Å². The molecule has 0 atom stereocenters. The number of rotatable bonds is 2. The summed E-state index contributed by atoms with van der Waals surface area (Å²) >= 11 is 0. The molecule has 0 aliphatic rings. The first kappa shape index (κ1) is 4.13. The van der Waals surface area contributed by atoms with Crippen molar-refractivity contribution >= 4 is 0 Å². The zero-order valence-electron chi connectivity index (χ0n) is 5.96. The third-order valence-corrected chi connectivity index (χ3v) is 0.957. The van der Waals surface area contributed by atoms with Crippen molar-refractivity contribution in [3.8, 4) is 0 Å². The van der Waals surface area contributed by atoms with Gasteiger partial charge in [-0.3, -0.25) is 4.68 Å². The van der Waals surface area contributed by atoms with E-state index in [1.807, 2.05) is 0 Å². The summed E-state index contributed by atoms with van der Waals surface area (Å²) in [5, 5.41) is 3.93. The zero-order chi connectivity index (χ0) is 6.69. The summed E-state index contributed by atoms with van der Waals surface area (Å²) in [7, 11) is 0. The molecule has 0 saturated carbocycles. The molecular formula is C6H10N2. The van der Waals surface area contributed by atoms with Gasteiger partial charge in [0, 0.05) is 18.9 Å². The van der Waals surface area contributed by atoms with E-state index in [1.165, 1.54) is 0 Å². The summed E-state index contributed by atoms with van der Waals surface area (Å²) in [5.74, 6) is 0. The van der Waals surface area contributed by atoms with E-state index in [4.69, 9.17) is 1.37 Å². The lowest BCUT2D eigenvalue weighted by Gasteiger charge is -1.92. The third kappa shape index (κ3) is 1.09. The average Bonchev–Trinajstić information content (AvgIpc) is 2.17. The van der Waals surface area contributed by atoms with Gasteiger partial charge in [-0.1, -0.05) is 6.92 Å². The van der Waals surface area contributed by atoms with Crippen molar-refractivity contribution in [2.45, 2.75) is 19.9 Å². The van der Waals surface area contributed by atoms with Crippen molar-refractivity contribution in [2.24, 2.45) is 0 Å². The highest BCUT2D eigenvalue weighted by Crippen LogP contribution is 1.85. The molecule has 0 bridgehead atoms. The fourth-order valence-electron chi connectivity index (χ4n) is 0.612. The maximum atomic E-state index is 7.11. The van der Waals surface area contributed by atoms with Gasteiger partial charge in [-0.05, 0) is 12.5 Å². The van der Waals surface area contributed by atoms with E-state index in [2.05, 4.69) is 12.0 Å². The smallest absolute Gasteiger partial charge is 0.0656 e. The van der Waals surface area contributed by atoms with E-state index in [-0.39, 0.29) is 0 Å². The van der Waals surface area contributed by atoms with E-state index < -0.39 is 0 Å². The summed E-state index contributed by atoms with van der Waals surface area (Å²) in [4.78, 5) is 0. The van der Waals surface area contributed by atoms with Gasteiger partial charge in [0.2, 0.25) is 0 Å².